The average molecular weight is 328 g/mol. The first kappa shape index (κ1) is 15.3. The maximum Gasteiger partial charge on any atom is 0.410 e. The standard InChI is InChI=1S/C14H11F4N3O2/c15-8-3-1-7(2-4-8)9-5-11(14(16,17)18)21-12(19-9)6-10(20-21)13(22)23/h1-4,6,9,11,19H,5H2,(H,22,23)/p-1/t9-,11+/m1/s1. The number of nitrogens with one attached hydrogen (secondary N) is 1. The van der Waals surface area contributed by atoms with Crippen molar-refractivity contribution in [3.63, 3.8) is 0 Å². The van der Waals surface area contributed by atoms with E-state index < -0.39 is 42.2 Å². The number of hydrogen-bond donors (Lipinski definition) is 1. The Morgan fingerprint density at radius 3 is 2.52 bits per heavy atom. The van der Waals surface area contributed by atoms with E-state index in [9.17, 15) is 27.5 Å². The van der Waals surface area contributed by atoms with Crippen molar-refractivity contribution in [2.75, 3.05) is 5.32 Å². The first-order chi connectivity index (χ1) is 10.8. The molecule has 9 heteroatoms. The fourth-order valence-electron chi connectivity index (χ4n) is 2.59. The molecule has 122 valence electrons. The molecule has 0 amide bonds. The minimum absolute atomic E-state index is 0.0768. The number of benzene rings is 1. The highest BCUT2D eigenvalue weighted by atomic mass is 19.4. The van der Waals surface area contributed by atoms with E-state index in [1.54, 1.807) is 0 Å². The summed E-state index contributed by atoms with van der Waals surface area (Å²) in [5, 5.41) is 17.1. The highest BCUT2D eigenvalue weighted by Crippen LogP contribution is 2.43. The van der Waals surface area contributed by atoms with Gasteiger partial charge in [-0.25, -0.2) is 9.07 Å². The fourth-order valence-corrected chi connectivity index (χ4v) is 2.59. The van der Waals surface area contributed by atoms with Crippen molar-refractivity contribution in [1.82, 2.24) is 9.78 Å². The number of aromatic carboxylic acids is 1. The van der Waals surface area contributed by atoms with Crippen LogP contribution < -0.4 is 10.4 Å². The lowest BCUT2D eigenvalue weighted by Crippen LogP contribution is -2.35. The number of halogens is 4. The second kappa shape index (κ2) is 5.25. The van der Waals surface area contributed by atoms with Gasteiger partial charge in [-0.05, 0) is 17.7 Å². The Labute approximate surface area is 127 Å². The maximum atomic E-state index is 13.3. The summed E-state index contributed by atoms with van der Waals surface area (Å²) in [7, 11) is 0. The molecular formula is C14H10F4N3O2-. The van der Waals surface area contributed by atoms with Crippen molar-refractivity contribution >= 4 is 11.8 Å². The summed E-state index contributed by atoms with van der Waals surface area (Å²) in [6.45, 7) is 0. The van der Waals surface area contributed by atoms with Crippen molar-refractivity contribution < 1.29 is 27.5 Å². The minimum Gasteiger partial charge on any atom is -0.543 e. The molecule has 2 aromatic rings. The van der Waals surface area contributed by atoms with Crippen LogP contribution in [0.2, 0.25) is 0 Å². The number of rotatable bonds is 2. The Hall–Kier alpha value is -2.58. The van der Waals surface area contributed by atoms with Crippen LogP contribution in [-0.4, -0.2) is 21.9 Å². The van der Waals surface area contributed by atoms with E-state index in [2.05, 4.69) is 10.4 Å². The van der Waals surface area contributed by atoms with E-state index in [1.807, 2.05) is 0 Å². The summed E-state index contributed by atoms with van der Waals surface area (Å²) in [4.78, 5) is 10.8. The smallest absolute Gasteiger partial charge is 0.410 e. The summed E-state index contributed by atoms with van der Waals surface area (Å²) in [6, 6.07) is 3.32. The molecule has 1 aromatic carbocycles. The van der Waals surface area contributed by atoms with E-state index in [1.165, 1.54) is 12.1 Å². The van der Waals surface area contributed by atoms with Crippen molar-refractivity contribution in [2.45, 2.75) is 24.7 Å². The molecule has 0 saturated heterocycles. The van der Waals surface area contributed by atoms with Gasteiger partial charge in [0.05, 0.1) is 12.0 Å². The lowest BCUT2D eigenvalue weighted by Gasteiger charge is -2.33. The molecule has 5 nitrogen and oxygen atoms in total. The Bertz CT molecular complexity index is 739. The topological polar surface area (TPSA) is 70.0 Å². The van der Waals surface area contributed by atoms with Crippen LogP contribution >= 0.6 is 0 Å². The van der Waals surface area contributed by atoms with Crippen molar-refractivity contribution in [3.05, 3.63) is 47.4 Å². The SMILES string of the molecule is O=C([O-])c1cc2n(n1)[C@H](C(F)(F)F)C[C@H](c1ccc(F)cc1)N2. The number of alkyl halides is 3. The number of carbonyl (C=O) groups is 1. The lowest BCUT2D eigenvalue weighted by atomic mass is 9.97. The first-order valence-corrected chi connectivity index (χ1v) is 6.65. The maximum absolute atomic E-state index is 13.3. The Balaban J connectivity index is 2.01. The van der Waals surface area contributed by atoms with Crippen LogP contribution in [0.15, 0.2) is 30.3 Å². The average Bonchev–Trinajstić information content (AvgIpc) is 2.90. The second-order valence-electron chi connectivity index (χ2n) is 5.19. The molecule has 3 rings (SSSR count). The number of anilines is 1. The van der Waals surface area contributed by atoms with E-state index in [4.69, 9.17) is 0 Å². The summed E-state index contributed by atoms with van der Waals surface area (Å²) >= 11 is 0. The molecule has 0 aliphatic carbocycles. The number of carboxylic acid groups (broad SMARTS) is 1. The van der Waals surface area contributed by atoms with Gasteiger partial charge < -0.3 is 15.2 Å². The van der Waals surface area contributed by atoms with Crippen LogP contribution in [0.25, 0.3) is 0 Å². The van der Waals surface area contributed by atoms with Gasteiger partial charge in [0, 0.05) is 12.5 Å². The van der Waals surface area contributed by atoms with Gasteiger partial charge in [0.1, 0.15) is 17.3 Å². The van der Waals surface area contributed by atoms with Gasteiger partial charge in [-0.2, -0.15) is 18.3 Å². The van der Waals surface area contributed by atoms with Crippen LogP contribution in [0.1, 0.15) is 34.6 Å². The molecule has 0 bridgehead atoms. The monoisotopic (exact) mass is 328 g/mol. The van der Waals surface area contributed by atoms with E-state index in [0.29, 0.717) is 10.2 Å². The van der Waals surface area contributed by atoms with Crippen LogP contribution in [0.5, 0.6) is 0 Å². The van der Waals surface area contributed by atoms with Crippen LogP contribution in [0, 0.1) is 5.82 Å². The van der Waals surface area contributed by atoms with Crippen LogP contribution in [0.3, 0.4) is 0 Å². The van der Waals surface area contributed by atoms with Gasteiger partial charge in [-0.15, -0.1) is 0 Å². The fraction of sp³-hybridized carbons (Fsp3) is 0.286. The largest absolute Gasteiger partial charge is 0.543 e. The molecule has 1 aliphatic heterocycles. The number of aromatic nitrogens is 2. The molecular weight excluding hydrogens is 318 g/mol. The molecule has 2 heterocycles. The van der Waals surface area contributed by atoms with Crippen LogP contribution in [0.4, 0.5) is 23.4 Å². The molecule has 0 spiro atoms. The van der Waals surface area contributed by atoms with Gasteiger partial charge in [-0.3, -0.25) is 0 Å². The van der Waals surface area contributed by atoms with Gasteiger partial charge in [0.15, 0.2) is 6.04 Å². The quantitative estimate of drug-likeness (QED) is 0.857. The van der Waals surface area contributed by atoms with E-state index in [0.717, 1.165) is 18.2 Å². The number of hydrogen-bond acceptors (Lipinski definition) is 4. The summed E-state index contributed by atoms with van der Waals surface area (Å²) in [5.74, 6) is -2.23. The van der Waals surface area contributed by atoms with Crippen LogP contribution in [-0.2, 0) is 0 Å². The summed E-state index contributed by atoms with van der Waals surface area (Å²) in [5.41, 5.74) is -0.121. The van der Waals surface area contributed by atoms with Crippen molar-refractivity contribution in [1.29, 1.82) is 0 Å². The second-order valence-corrected chi connectivity index (χ2v) is 5.19. The predicted octanol–water partition coefficient (Wildman–Crippen LogP) is 2.05. The predicted molar refractivity (Wildman–Crippen MR) is 69.0 cm³/mol. The van der Waals surface area contributed by atoms with Gasteiger partial charge in [0.2, 0.25) is 0 Å². The van der Waals surface area contributed by atoms with Crippen molar-refractivity contribution in [2.24, 2.45) is 0 Å². The zero-order chi connectivity index (χ0) is 16.8. The molecule has 0 saturated carbocycles. The van der Waals surface area contributed by atoms with Crippen molar-refractivity contribution in [3.8, 4) is 0 Å². The number of nitrogens with zero attached hydrogens (tertiary/aromatic N) is 2. The molecule has 0 fully saturated rings. The zero-order valence-electron chi connectivity index (χ0n) is 11.5. The molecule has 1 aromatic heterocycles. The minimum atomic E-state index is -4.61. The Morgan fingerprint density at radius 2 is 1.96 bits per heavy atom. The lowest BCUT2D eigenvalue weighted by molar-refractivity contribution is -0.255. The zero-order valence-corrected chi connectivity index (χ0v) is 11.5. The molecule has 2 atom stereocenters. The Kier molecular flexibility index (Phi) is 3.50. The Morgan fingerprint density at radius 1 is 1.30 bits per heavy atom. The van der Waals surface area contributed by atoms with Gasteiger partial charge in [0.25, 0.3) is 0 Å². The molecule has 0 unspecified atom stereocenters. The van der Waals surface area contributed by atoms with Gasteiger partial charge >= 0.3 is 6.18 Å². The highest BCUT2D eigenvalue weighted by molar-refractivity contribution is 5.84. The highest BCUT2D eigenvalue weighted by Gasteiger charge is 2.46. The normalized spacial score (nSPS) is 20.7. The molecule has 0 radical (unpaired) electrons. The number of carbonyl (C=O) groups excluding carboxylic acids is 1. The van der Waals surface area contributed by atoms with E-state index >= 15 is 0 Å². The number of carboxylic acids is 1. The molecule has 1 aliphatic rings. The van der Waals surface area contributed by atoms with E-state index in [-0.39, 0.29) is 5.82 Å². The summed E-state index contributed by atoms with van der Waals surface area (Å²) < 4.78 is 53.4. The third-order valence-electron chi connectivity index (χ3n) is 3.67. The molecule has 1 N–H and O–H groups in total. The third kappa shape index (κ3) is 2.86. The third-order valence-corrected chi connectivity index (χ3v) is 3.67. The number of fused-ring (bicyclic) bond motifs is 1. The van der Waals surface area contributed by atoms with Gasteiger partial charge in [-0.1, -0.05) is 12.1 Å². The summed E-state index contributed by atoms with van der Waals surface area (Å²) in [6.07, 6.45) is -5.00. The first-order valence-electron chi connectivity index (χ1n) is 6.65. The molecule has 23 heavy (non-hydrogen) atoms.